The highest BCUT2D eigenvalue weighted by atomic mass is 32.1. The van der Waals surface area contributed by atoms with Crippen molar-refractivity contribution in [1.29, 1.82) is 0 Å². The van der Waals surface area contributed by atoms with Crippen LogP contribution in [0.15, 0.2) is 27.2 Å². The number of anilines is 1. The van der Waals surface area contributed by atoms with E-state index in [-0.39, 0.29) is 19.7 Å². The molecule has 0 aliphatic heterocycles. The standard InChI is InChI=1S/C15H17N5O3S/c1-2-11-17-12(10-3-6-24-14(10)18-11)16-7-9-8-20(4-5-21)15(23)19-13(9)22/h3,6,8,21H,2,4-5,7H2,1H3,(H,16,17,18)(H,19,22,23). The van der Waals surface area contributed by atoms with Crippen molar-refractivity contribution in [3.63, 3.8) is 0 Å². The van der Waals surface area contributed by atoms with Gasteiger partial charge >= 0.3 is 5.69 Å². The molecule has 0 saturated heterocycles. The van der Waals surface area contributed by atoms with Crippen LogP contribution < -0.4 is 16.6 Å². The molecule has 8 nitrogen and oxygen atoms in total. The Morgan fingerprint density at radius 1 is 1.38 bits per heavy atom. The third-order valence-corrected chi connectivity index (χ3v) is 4.37. The number of nitrogens with zero attached hydrogens (tertiary/aromatic N) is 3. The molecular formula is C15H17N5O3S. The maximum absolute atomic E-state index is 12.0. The van der Waals surface area contributed by atoms with Crippen LogP contribution >= 0.6 is 11.3 Å². The van der Waals surface area contributed by atoms with E-state index in [1.54, 1.807) is 0 Å². The minimum absolute atomic E-state index is 0.130. The van der Waals surface area contributed by atoms with E-state index in [2.05, 4.69) is 20.3 Å². The minimum Gasteiger partial charge on any atom is -0.395 e. The normalized spacial score (nSPS) is 11.1. The largest absolute Gasteiger partial charge is 0.395 e. The van der Waals surface area contributed by atoms with Crippen LogP contribution in [0, 0.1) is 0 Å². The summed E-state index contributed by atoms with van der Waals surface area (Å²) in [7, 11) is 0. The summed E-state index contributed by atoms with van der Waals surface area (Å²) in [6.07, 6.45) is 2.17. The molecule has 0 aliphatic carbocycles. The summed E-state index contributed by atoms with van der Waals surface area (Å²) in [5.41, 5.74) is -0.593. The van der Waals surface area contributed by atoms with Crippen molar-refractivity contribution in [2.24, 2.45) is 0 Å². The summed E-state index contributed by atoms with van der Waals surface area (Å²) in [5, 5.41) is 15.0. The number of aliphatic hydroxyl groups is 1. The number of aliphatic hydroxyl groups excluding tert-OH is 1. The van der Waals surface area contributed by atoms with Crippen molar-refractivity contribution in [3.05, 3.63) is 49.9 Å². The number of nitrogens with one attached hydrogen (secondary N) is 2. The molecule has 0 aromatic carbocycles. The summed E-state index contributed by atoms with van der Waals surface area (Å²) >= 11 is 1.53. The van der Waals surface area contributed by atoms with E-state index in [0.29, 0.717) is 17.8 Å². The van der Waals surface area contributed by atoms with E-state index >= 15 is 0 Å². The van der Waals surface area contributed by atoms with Gasteiger partial charge in [0, 0.05) is 19.2 Å². The van der Waals surface area contributed by atoms with Crippen LogP contribution in [0.4, 0.5) is 5.82 Å². The average molecular weight is 347 g/mol. The van der Waals surface area contributed by atoms with E-state index in [0.717, 1.165) is 16.0 Å². The molecule has 3 rings (SSSR count). The van der Waals surface area contributed by atoms with Gasteiger partial charge in [0.1, 0.15) is 16.5 Å². The number of thiophene rings is 1. The van der Waals surface area contributed by atoms with Crippen molar-refractivity contribution < 1.29 is 5.11 Å². The lowest BCUT2D eigenvalue weighted by molar-refractivity contribution is 0.273. The predicted octanol–water partition coefficient (Wildman–Crippen LogP) is 0.708. The van der Waals surface area contributed by atoms with Gasteiger partial charge < -0.3 is 10.4 Å². The third kappa shape index (κ3) is 3.22. The fourth-order valence-electron chi connectivity index (χ4n) is 2.33. The summed E-state index contributed by atoms with van der Waals surface area (Å²) in [6, 6.07) is 1.93. The summed E-state index contributed by atoms with van der Waals surface area (Å²) in [6.45, 7) is 2.14. The highest BCUT2D eigenvalue weighted by molar-refractivity contribution is 7.16. The number of rotatable bonds is 6. The number of hydrogen-bond acceptors (Lipinski definition) is 7. The molecule has 3 aromatic heterocycles. The number of aromatic amines is 1. The van der Waals surface area contributed by atoms with Gasteiger partial charge in [-0.05, 0) is 11.4 Å². The van der Waals surface area contributed by atoms with Gasteiger partial charge in [-0.3, -0.25) is 14.3 Å². The molecule has 0 atom stereocenters. The lowest BCUT2D eigenvalue weighted by Gasteiger charge is -2.09. The maximum Gasteiger partial charge on any atom is 0.328 e. The van der Waals surface area contributed by atoms with E-state index in [1.165, 1.54) is 22.1 Å². The molecule has 0 fully saturated rings. The maximum atomic E-state index is 12.0. The van der Waals surface area contributed by atoms with Crippen LogP contribution in [-0.2, 0) is 19.5 Å². The molecule has 0 radical (unpaired) electrons. The first kappa shape index (κ1) is 16.3. The molecule has 0 amide bonds. The first-order chi connectivity index (χ1) is 11.6. The predicted molar refractivity (Wildman–Crippen MR) is 92.5 cm³/mol. The Hall–Kier alpha value is -2.52. The molecule has 0 spiro atoms. The van der Waals surface area contributed by atoms with Gasteiger partial charge in [0.25, 0.3) is 5.56 Å². The Bertz CT molecular complexity index is 975. The van der Waals surface area contributed by atoms with Gasteiger partial charge in [-0.15, -0.1) is 11.3 Å². The highest BCUT2D eigenvalue weighted by Crippen LogP contribution is 2.25. The zero-order valence-corrected chi connectivity index (χ0v) is 13.9. The summed E-state index contributed by atoms with van der Waals surface area (Å²) in [5.74, 6) is 1.39. The van der Waals surface area contributed by atoms with Gasteiger partial charge in [-0.1, -0.05) is 6.92 Å². The average Bonchev–Trinajstić information content (AvgIpc) is 3.04. The van der Waals surface area contributed by atoms with Gasteiger partial charge in [-0.2, -0.15) is 0 Å². The van der Waals surface area contributed by atoms with Crippen molar-refractivity contribution in [3.8, 4) is 0 Å². The topological polar surface area (TPSA) is 113 Å². The molecule has 0 bridgehead atoms. The SMILES string of the molecule is CCc1nc(NCc2cn(CCO)c(=O)[nH]c2=O)c2ccsc2n1. The smallest absolute Gasteiger partial charge is 0.328 e. The number of aryl methyl sites for hydroxylation is 1. The Balaban J connectivity index is 1.91. The van der Waals surface area contributed by atoms with Gasteiger partial charge in [0.15, 0.2) is 0 Å². The van der Waals surface area contributed by atoms with Gasteiger partial charge in [0.2, 0.25) is 0 Å². The number of aromatic nitrogens is 4. The number of fused-ring (bicyclic) bond motifs is 1. The van der Waals surface area contributed by atoms with Crippen LogP contribution in [0.25, 0.3) is 10.2 Å². The van der Waals surface area contributed by atoms with Crippen molar-refractivity contribution in [2.75, 3.05) is 11.9 Å². The monoisotopic (exact) mass is 347 g/mol. The molecular weight excluding hydrogens is 330 g/mol. The van der Waals surface area contributed by atoms with E-state index in [1.807, 2.05) is 18.4 Å². The Morgan fingerprint density at radius 3 is 2.96 bits per heavy atom. The van der Waals surface area contributed by atoms with E-state index in [4.69, 9.17) is 5.11 Å². The molecule has 3 N–H and O–H groups in total. The quantitative estimate of drug-likeness (QED) is 0.605. The molecule has 126 valence electrons. The molecule has 24 heavy (non-hydrogen) atoms. The van der Waals surface area contributed by atoms with Crippen LogP contribution in [0.3, 0.4) is 0 Å². The summed E-state index contributed by atoms with van der Waals surface area (Å²) in [4.78, 5) is 35.7. The second-order valence-electron chi connectivity index (χ2n) is 5.17. The molecule has 9 heteroatoms. The fraction of sp³-hybridized carbons (Fsp3) is 0.333. The number of H-pyrrole nitrogens is 1. The lowest BCUT2D eigenvalue weighted by atomic mass is 10.3. The Morgan fingerprint density at radius 2 is 2.21 bits per heavy atom. The zero-order valence-electron chi connectivity index (χ0n) is 13.1. The van der Waals surface area contributed by atoms with Crippen LogP contribution in [-0.4, -0.2) is 31.2 Å². The van der Waals surface area contributed by atoms with Gasteiger partial charge in [-0.25, -0.2) is 14.8 Å². The van der Waals surface area contributed by atoms with E-state index < -0.39 is 11.2 Å². The molecule has 3 heterocycles. The van der Waals surface area contributed by atoms with Crippen LogP contribution in [0.2, 0.25) is 0 Å². The van der Waals surface area contributed by atoms with Gasteiger partial charge in [0.05, 0.1) is 24.1 Å². The Labute approximate surface area is 140 Å². The number of hydrogen-bond donors (Lipinski definition) is 3. The summed E-state index contributed by atoms with van der Waals surface area (Å²) < 4.78 is 1.27. The third-order valence-electron chi connectivity index (χ3n) is 3.56. The van der Waals surface area contributed by atoms with Crippen LogP contribution in [0.5, 0.6) is 0 Å². The van der Waals surface area contributed by atoms with Crippen molar-refractivity contribution in [1.82, 2.24) is 19.5 Å². The first-order valence-electron chi connectivity index (χ1n) is 7.54. The minimum atomic E-state index is -0.534. The first-order valence-corrected chi connectivity index (χ1v) is 8.41. The second-order valence-corrected chi connectivity index (χ2v) is 6.06. The molecule has 3 aromatic rings. The molecule has 0 aliphatic rings. The fourth-order valence-corrected chi connectivity index (χ4v) is 3.11. The van der Waals surface area contributed by atoms with Crippen molar-refractivity contribution >= 4 is 27.4 Å². The Kier molecular flexibility index (Phi) is 4.72. The molecule has 0 unspecified atom stereocenters. The lowest BCUT2D eigenvalue weighted by Crippen LogP contribution is -2.33. The van der Waals surface area contributed by atoms with E-state index in [9.17, 15) is 9.59 Å². The van der Waals surface area contributed by atoms with Crippen molar-refractivity contribution in [2.45, 2.75) is 26.4 Å². The van der Waals surface area contributed by atoms with Crippen LogP contribution in [0.1, 0.15) is 18.3 Å². The highest BCUT2D eigenvalue weighted by Gasteiger charge is 2.10. The zero-order chi connectivity index (χ0) is 17.1. The second kappa shape index (κ2) is 6.93. The molecule has 0 saturated carbocycles.